The number of aliphatic hydroxyl groups is 1. The van der Waals surface area contributed by atoms with E-state index in [1.807, 2.05) is 0 Å². The Morgan fingerprint density at radius 2 is 1.71 bits per heavy atom. The van der Waals surface area contributed by atoms with Crippen molar-refractivity contribution in [1.29, 1.82) is 0 Å². The highest BCUT2D eigenvalue weighted by molar-refractivity contribution is 4.88. The van der Waals surface area contributed by atoms with Crippen LogP contribution in [-0.2, 0) is 0 Å². The molecule has 0 saturated heterocycles. The van der Waals surface area contributed by atoms with Crippen LogP contribution in [0.15, 0.2) is 0 Å². The number of rotatable bonds is 4. The lowest BCUT2D eigenvalue weighted by atomic mass is 9.83. The second-order valence-corrected chi connectivity index (χ2v) is 5.23. The molecule has 0 radical (unpaired) electrons. The Morgan fingerprint density at radius 3 is 2.29 bits per heavy atom. The largest absolute Gasteiger partial charge is 0.391 e. The van der Waals surface area contributed by atoms with Crippen LogP contribution < -0.4 is 5.73 Å². The van der Waals surface area contributed by atoms with Crippen molar-refractivity contribution >= 4 is 0 Å². The van der Waals surface area contributed by atoms with E-state index in [0.29, 0.717) is 5.92 Å². The summed E-state index contributed by atoms with van der Waals surface area (Å²) in [7, 11) is 0. The highest BCUT2D eigenvalue weighted by Crippen LogP contribution is 2.36. The maximum absolute atomic E-state index is 9.86. The Hall–Kier alpha value is -0.0800. The van der Waals surface area contributed by atoms with Crippen molar-refractivity contribution in [3.8, 4) is 0 Å². The van der Waals surface area contributed by atoms with E-state index in [1.165, 1.54) is 44.9 Å². The first kappa shape index (κ1) is 10.4. The second kappa shape index (κ2) is 4.63. The zero-order valence-electron chi connectivity index (χ0n) is 8.99. The molecule has 2 saturated carbocycles. The third-order valence-electron chi connectivity index (χ3n) is 3.87. The van der Waals surface area contributed by atoms with Crippen molar-refractivity contribution in [2.24, 2.45) is 17.6 Å². The van der Waals surface area contributed by atoms with E-state index in [0.717, 1.165) is 12.3 Å². The Kier molecular flexibility index (Phi) is 3.45. The molecule has 0 bridgehead atoms. The zero-order valence-corrected chi connectivity index (χ0v) is 8.99. The van der Waals surface area contributed by atoms with Gasteiger partial charge in [0.05, 0.1) is 6.10 Å². The Bertz CT molecular complexity index is 173. The molecule has 2 atom stereocenters. The fraction of sp³-hybridized carbons (Fsp3) is 1.00. The van der Waals surface area contributed by atoms with Crippen LogP contribution in [0.1, 0.15) is 51.4 Å². The first-order valence-electron chi connectivity index (χ1n) is 6.21. The summed E-state index contributed by atoms with van der Waals surface area (Å²) in [5.41, 5.74) is 6.04. The molecule has 0 aromatic heterocycles. The van der Waals surface area contributed by atoms with Crippen LogP contribution >= 0.6 is 0 Å². The molecule has 2 fully saturated rings. The minimum Gasteiger partial charge on any atom is -0.391 e. The zero-order chi connectivity index (χ0) is 9.97. The van der Waals surface area contributed by atoms with Crippen molar-refractivity contribution in [2.45, 2.75) is 63.5 Å². The van der Waals surface area contributed by atoms with E-state index >= 15 is 0 Å². The molecule has 2 heteroatoms. The maximum Gasteiger partial charge on any atom is 0.0719 e. The highest BCUT2D eigenvalue weighted by atomic mass is 16.3. The van der Waals surface area contributed by atoms with Crippen molar-refractivity contribution < 1.29 is 5.11 Å². The molecular formula is C12H23NO. The van der Waals surface area contributed by atoms with Gasteiger partial charge in [0.2, 0.25) is 0 Å². The van der Waals surface area contributed by atoms with E-state index in [2.05, 4.69) is 0 Å². The van der Waals surface area contributed by atoms with E-state index in [-0.39, 0.29) is 12.1 Å². The van der Waals surface area contributed by atoms with Crippen LogP contribution in [0.25, 0.3) is 0 Å². The number of hydrogen-bond donors (Lipinski definition) is 2. The van der Waals surface area contributed by atoms with Crippen molar-refractivity contribution in [3.63, 3.8) is 0 Å². The first-order valence-corrected chi connectivity index (χ1v) is 6.21. The topological polar surface area (TPSA) is 46.2 Å². The van der Waals surface area contributed by atoms with E-state index in [4.69, 9.17) is 5.73 Å². The molecule has 0 amide bonds. The lowest BCUT2D eigenvalue weighted by Gasteiger charge is -2.27. The lowest BCUT2D eigenvalue weighted by molar-refractivity contribution is 0.106. The minimum absolute atomic E-state index is 0.0469. The number of nitrogens with two attached hydrogens (primary N) is 1. The normalized spacial score (nSPS) is 28.7. The van der Waals surface area contributed by atoms with Crippen molar-refractivity contribution in [2.75, 3.05) is 0 Å². The van der Waals surface area contributed by atoms with Crippen molar-refractivity contribution in [1.82, 2.24) is 0 Å². The standard InChI is InChI=1S/C12H23NO/c13-11(12(14)10-6-7-10)8-9-4-2-1-3-5-9/h9-12,14H,1-8,13H2/t11-,12-/m1/s1. The summed E-state index contributed by atoms with van der Waals surface area (Å²) < 4.78 is 0. The maximum atomic E-state index is 9.86. The molecule has 3 N–H and O–H groups in total. The summed E-state index contributed by atoms with van der Waals surface area (Å²) in [6.07, 6.45) is 10.1. The molecule has 0 aromatic carbocycles. The Labute approximate surface area is 86.9 Å². The van der Waals surface area contributed by atoms with Gasteiger partial charge in [-0.2, -0.15) is 0 Å². The van der Waals surface area contributed by atoms with E-state index < -0.39 is 0 Å². The molecule has 82 valence electrons. The Balaban J connectivity index is 1.71. The van der Waals surface area contributed by atoms with Crippen LogP contribution in [0.2, 0.25) is 0 Å². The van der Waals surface area contributed by atoms with E-state index in [9.17, 15) is 5.11 Å². The first-order chi connectivity index (χ1) is 6.77. The van der Waals surface area contributed by atoms with Gasteiger partial charge in [-0.3, -0.25) is 0 Å². The molecule has 2 aliphatic rings. The second-order valence-electron chi connectivity index (χ2n) is 5.23. The summed E-state index contributed by atoms with van der Waals surface area (Å²) in [4.78, 5) is 0. The van der Waals surface area contributed by atoms with Crippen LogP contribution in [0, 0.1) is 11.8 Å². The molecule has 0 unspecified atom stereocenters. The summed E-state index contributed by atoms with van der Waals surface area (Å²) in [5.74, 6) is 1.33. The van der Waals surface area contributed by atoms with Gasteiger partial charge < -0.3 is 10.8 Å². The highest BCUT2D eigenvalue weighted by Gasteiger charge is 2.34. The lowest BCUT2D eigenvalue weighted by Crippen LogP contribution is -2.38. The van der Waals surface area contributed by atoms with Gasteiger partial charge in [-0.25, -0.2) is 0 Å². The molecule has 2 rings (SSSR count). The molecule has 2 nitrogen and oxygen atoms in total. The van der Waals surface area contributed by atoms with Gasteiger partial charge >= 0.3 is 0 Å². The van der Waals surface area contributed by atoms with Gasteiger partial charge in [0.25, 0.3) is 0 Å². The van der Waals surface area contributed by atoms with Gasteiger partial charge in [0.15, 0.2) is 0 Å². The summed E-state index contributed by atoms with van der Waals surface area (Å²) in [5, 5.41) is 9.86. The summed E-state index contributed by atoms with van der Waals surface area (Å²) in [6.45, 7) is 0. The minimum atomic E-state index is -0.211. The average Bonchev–Trinajstić information content (AvgIpc) is 3.01. The third kappa shape index (κ3) is 2.71. The monoisotopic (exact) mass is 197 g/mol. The van der Waals surface area contributed by atoms with Crippen LogP contribution in [0.4, 0.5) is 0 Å². The molecule has 2 aliphatic carbocycles. The van der Waals surface area contributed by atoms with Gasteiger partial charge in [0.1, 0.15) is 0 Å². The fourth-order valence-electron chi connectivity index (χ4n) is 2.73. The van der Waals surface area contributed by atoms with Gasteiger partial charge in [0, 0.05) is 6.04 Å². The van der Waals surface area contributed by atoms with Crippen LogP contribution in [0.5, 0.6) is 0 Å². The third-order valence-corrected chi connectivity index (χ3v) is 3.87. The van der Waals surface area contributed by atoms with E-state index in [1.54, 1.807) is 0 Å². The average molecular weight is 197 g/mol. The number of aliphatic hydroxyl groups excluding tert-OH is 1. The van der Waals surface area contributed by atoms with Crippen molar-refractivity contribution in [3.05, 3.63) is 0 Å². The van der Waals surface area contributed by atoms with Gasteiger partial charge in [-0.1, -0.05) is 32.1 Å². The molecular weight excluding hydrogens is 174 g/mol. The molecule has 14 heavy (non-hydrogen) atoms. The molecule has 0 aliphatic heterocycles. The van der Waals surface area contributed by atoms with Gasteiger partial charge in [-0.15, -0.1) is 0 Å². The van der Waals surface area contributed by atoms with Crippen LogP contribution in [-0.4, -0.2) is 17.3 Å². The molecule has 0 spiro atoms. The molecule has 0 aromatic rings. The smallest absolute Gasteiger partial charge is 0.0719 e. The summed E-state index contributed by atoms with van der Waals surface area (Å²) in [6, 6.07) is 0.0469. The Morgan fingerprint density at radius 1 is 1.07 bits per heavy atom. The van der Waals surface area contributed by atoms with Crippen LogP contribution in [0.3, 0.4) is 0 Å². The predicted octanol–water partition coefficient (Wildman–Crippen LogP) is 2.05. The predicted molar refractivity (Wildman–Crippen MR) is 57.9 cm³/mol. The fourth-order valence-corrected chi connectivity index (χ4v) is 2.73. The summed E-state index contributed by atoms with van der Waals surface area (Å²) >= 11 is 0. The van der Waals surface area contributed by atoms with Gasteiger partial charge in [-0.05, 0) is 31.1 Å². The molecule has 0 heterocycles. The SMILES string of the molecule is N[C@H](CC1CCCCC1)[C@H](O)C1CC1. The quantitative estimate of drug-likeness (QED) is 0.724. The number of hydrogen-bond acceptors (Lipinski definition) is 2.